The first kappa shape index (κ1) is 40.1. The van der Waals surface area contributed by atoms with E-state index in [4.69, 9.17) is 23.9 Å². The molecular formula is C37H59N6O5Si. The molecule has 0 bridgehead atoms. The molecule has 0 saturated carbocycles. The lowest BCUT2D eigenvalue weighted by molar-refractivity contribution is 0.0548. The SMILES string of the molecule is Cc1cnc(CN(Cc2ncccc2C(O[Si](C)C)C(C)(C)C)C2CCN(C(=NC(=O)OC(C)(C)C)NC(=O)OC(C)(C)C)CC2)c(C)c1. The van der Waals surface area contributed by atoms with E-state index >= 15 is 0 Å². The third-order valence-electron chi connectivity index (χ3n) is 7.86. The summed E-state index contributed by atoms with van der Waals surface area (Å²) < 4.78 is 17.6. The lowest BCUT2D eigenvalue weighted by Gasteiger charge is -2.40. The highest BCUT2D eigenvalue weighted by Gasteiger charge is 2.33. The van der Waals surface area contributed by atoms with Crippen LogP contribution >= 0.6 is 0 Å². The van der Waals surface area contributed by atoms with Gasteiger partial charge in [0.1, 0.15) is 11.2 Å². The van der Waals surface area contributed by atoms with E-state index in [1.807, 2.05) is 23.4 Å². The number of rotatable bonds is 8. The van der Waals surface area contributed by atoms with Gasteiger partial charge in [0.15, 0.2) is 0 Å². The summed E-state index contributed by atoms with van der Waals surface area (Å²) in [6.45, 7) is 28.2. The van der Waals surface area contributed by atoms with Crippen molar-refractivity contribution in [2.24, 2.45) is 10.4 Å². The van der Waals surface area contributed by atoms with Crippen molar-refractivity contribution in [3.63, 3.8) is 0 Å². The van der Waals surface area contributed by atoms with Crippen LogP contribution in [0, 0.1) is 19.3 Å². The summed E-state index contributed by atoms with van der Waals surface area (Å²) in [5, 5.41) is 2.71. The Hall–Kier alpha value is -3.35. The fraction of sp³-hybridized carbons (Fsp3) is 0.649. The number of guanidine groups is 1. The minimum atomic E-state index is -0.976. The predicted molar refractivity (Wildman–Crippen MR) is 196 cm³/mol. The van der Waals surface area contributed by atoms with E-state index < -0.39 is 32.4 Å². The third-order valence-corrected chi connectivity index (χ3v) is 8.57. The molecule has 1 fully saturated rings. The summed E-state index contributed by atoms with van der Waals surface area (Å²) in [4.78, 5) is 43.9. The number of amides is 2. The fourth-order valence-electron chi connectivity index (χ4n) is 5.76. The number of aryl methyl sites for hydroxylation is 2. The molecule has 0 aromatic carbocycles. The van der Waals surface area contributed by atoms with Gasteiger partial charge in [-0.25, -0.2) is 9.59 Å². The van der Waals surface area contributed by atoms with Crippen molar-refractivity contribution in [1.82, 2.24) is 25.1 Å². The zero-order chi connectivity index (χ0) is 36.7. The Morgan fingerprint density at radius 2 is 1.59 bits per heavy atom. The normalized spacial score (nSPS) is 15.8. The molecule has 1 atom stereocenters. The first-order chi connectivity index (χ1) is 22.6. The largest absolute Gasteiger partial charge is 0.444 e. The predicted octanol–water partition coefficient (Wildman–Crippen LogP) is 7.73. The second kappa shape index (κ2) is 16.6. The van der Waals surface area contributed by atoms with Crippen LogP contribution in [0.2, 0.25) is 13.1 Å². The van der Waals surface area contributed by atoms with Crippen LogP contribution in [0.25, 0.3) is 0 Å². The molecule has 1 N–H and O–H groups in total. The van der Waals surface area contributed by atoms with Gasteiger partial charge in [-0.2, -0.15) is 0 Å². The quantitative estimate of drug-likeness (QED) is 0.168. The number of likely N-dealkylation sites (tertiary alicyclic amines) is 1. The lowest BCUT2D eigenvalue weighted by atomic mass is 9.84. The second-order valence-electron chi connectivity index (χ2n) is 16.3. The van der Waals surface area contributed by atoms with Crippen molar-refractivity contribution in [2.45, 2.75) is 139 Å². The van der Waals surface area contributed by atoms with E-state index in [1.54, 1.807) is 41.5 Å². The highest BCUT2D eigenvalue weighted by Crippen LogP contribution is 2.38. The summed E-state index contributed by atoms with van der Waals surface area (Å²) in [6.07, 6.45) is 3.76. The van der Waals surface area contributed by atoms with Crippen molar-refractivity contribution in [2.75, 3.05) is 13.1 Å². The maximum absolute atomic E-state index is 12.8. The average molecular weight is 696 g/mol. The minimum absolute atomic E-state index is 0.0893. The van der Waals surface area contributed by atoms with Gasteiger partial charge in [0.2, 0.25) is 15.0 Å². The van der Waals surface area contributed by atoms with Gasteiger partial charge in [0, 0.05) is 50.2 Å². The van der Waals surface area contributed by atoms with Crippen LogP contribution in [-0.2, 0) is 27.0 Å². The molecule has 1 aliphatic heterocycles. The van der Waals surface area contributed by atoms with Crippen molar-refractivity contribution in [1.29, 1.82) is 0 Å². The molecule has 0 aliphatic carbocycles. The van der Waals surface area contributed by atoms with Crippen molar-refractivity contribution in [3.8, 4) is 0 Å². The van der Waals surface area contributed by atoms with Crippen LogP contribution in [0.3, 0.4) is 0 Å². The number of ether oxygens (including phenoxy) is 2. The maximum Gasteiger partial charge on any atom is 0.437 e. The Morgan fingerprint density at radius 1 is 0.980 bits per heavy atom. The van der Waals surface area contributed by atoms with E-state index in [0.29, 0.717) is 26.2 Å². The molecule has 2 aromatic heterocycles. The molecule has 3 heterocycles. The number of carbonyl (C=O) groups is 2. The fourth-order valence-corrected chi connectivity index (χ4v) is 6.71. The number of carbonyl (C=O) groups excluding carboxylic acids is 2. The smallest absolute Gasteiger partial charge is 0.437 e. The van der Waals surface area contributed by atoms with Gasteiger partial charge in [-0.3, -0.25) is 20.2 Å². The molecule has 271 valence electrons. The van der Waals surface area contributed by atoms with E-state index in [0.717, 1.165) is 40.9 Å². The van der Waals surface area contributed by atoms with Gasteiger partial charge in [0.05, 0.1) is 17.5 Å². The summed E-state index contributed by atoms with van der Waals surface area (Å²) >= 11 is 0. The van der Waals surface area contributed by atoms with E-state index in [9.17, 15) is 9.59 Å². The molecule has 1 saturated heterocycles. The van der Waals surface area contributed by atoms with E-state index in [2.05, 4.69) is 75.1 Å². The molecule has 11 nitrogen and oxygen atoms in total. The summed E-state index contributed by atoms with van der Waals surface area (Å²) in [5.41, 5.74) is 3.86. The zero-order valence-corrected chi connectivity index (χ0v) is 33.1. The number of hydrogen-bond donors (Lipinski definition) is 1. The minimum Gasteiger partial charge on any atom is -0.444 e. The van der Waals surface area contributed by atoms with Gasteiger partial charge >= 0.3 is 12.2 Å². The number of nitrogens with zero attached hydrogens (tertiary/aromatic N) is 5. The molecule has 0 spiro atoms. The number of hydrogen-bond acceptors (Lipinski definition) is 8. The number of nitrogens with one attached hydrogen (secondary N) is 1. The second-order valence-corrected chi connectivity index (χ2v) is 18.3. The Balaban J connectivity index is 1.93. The molecular weight excluding hydrogens is 637 g/mol. The first-order valence-electron chi connectivity index (χ1n) is 17.2. The third kappa shape index (κ3) is 13.1. The van der Waals surface area contributed by atoms with Crippen LogP contribution in [0.5, 0.6) is 0 Å². The molecule has 2 aromatic rings. The zero-order valence-electron chi connectivity index (χ0n) is 32.1. The topological polar surface area (TPSA) is 118 Å². The molecule has 1 aliphatic rings. The standard InChI is InChI=1S/C37H59N6O5Si/c1-25-21-26(2)29(39-22-25)23-43(24-30-28(15-14-18-38-30)31(35(3,4)5)48-49(12)13)27-16-19-42(20-17-27)32(40-33(44)46-36(6,7)8)41-34(45)47-37(9,10)11/h14-15,18,21-22,27,31H,16-17,19-20,23-24H2,1-13H3,(H,40,41,44,45). The first-order valence-corrected chi connectivity index (χ1v) is 19.7. The molecule has 3 rings (SSSR count). The Kier molecular flexibility index (Phi) is 13.6. The number of aliphatic imine (C=N–C) groups is 1. The van der Waals surface area contributed by atoms with Gasteiger partial charge < -0.3 is 18.8 Å². The summed E-state index contributed by atoms with van der Waals surface area (Å²) in [5.74, 6) is 0.124. The molecule has 1 unspecified atom stereocenters. The van der Waals surface area contributed by atoms with Crippen LogP contribution in [0.15, 0.2) is 35.6 Å². The van der Waals surface area contributed by atoms with Crippen LogP contribution in [0.1, 0.15) is 109 Å². The number of piperidine rings is 1. The number of alkyl carbamates (subject to hydrolysis) is 1. The monoisotopic (exact) mass is 695 g/mol. The van der Waals surface area contributed by atoms with Gasteiger partial charge in [-0.05, 0) is 104 Å². The average Bonchev–Trinajstić information content (AvgIpc) is 2.94. The van der Waals surface area contributed by atoms with Gasteiger partial charge in [-0.1, -0.05) is 32.9 Å². The van der Waals surface area contributed by atoms with Crippen LogP contribution < -0.4 is 5.32 Å². The highest BCUT2D eigenvalue weighted by molar-refractivity contribution is 6.48. The highest BCUT2D eigenvalue weighted by atomic mass is 28.3. The van der Waals surface area contributed by atoms with Crippen molar-refractivity contribution in [3.05, 3.63) is 58.7 Å². The van der Waals surface area contributed by atoms with Gasteiger partial charge in [-0.15, -0.1) is 4.99 Å². The van der Waals surface area contributed by atoms with Crippen molar-refractivity contribution < 1.29 is 23.5 Å². The van der Waals surface area contributed by atoms with Crippen molar-refractivity contribution >= 4 is 27.2 Å². The van der Waals surface area contributed by atoms with Crippen LogP contribution in [0.4, 0.5) is 9.59 Å². The molecule has 49 heavy (non-hydrogen) atoms. The van der Waals surface area contributed by atoms with E-state index in [-0.39, 0.29) is 23.5 Å². The molecule has 2 amide bonds. The lowest BCUT2D eigenvalue weighted by Crippen LogP contribution is -2.52. The molecule has 12 heteroatoms. The van der Waals surface area contributed by atoms with E-state index in [1.165, 1.54) is 0 Å². The molecule has 1 radical (unpaired) electrons. The Labute approximate surface area is 296 Å². The van der Waals surface area contributed by atoms with Gasteiger partial charge in [0.25, 0.3) is 0 Å². The van der Waals surface area contributed by atoms with Crippen LogP contribution in [-0.4, -0.2) is 77.3 Å². The Bertz CT molecular complexity index is 1450. The Morgan fingerprint density at radius 3 is 2.14 bits per heavy atom. The maximum atomic E-state index is 12.8. The number of pyridine rings is 2. The number of aromatic nitrogens is 2. The summed E-state index contributed by atoms with van der Waals surface area (Å²) in [7, 11) is -0.976. The summed E-state index contributed by atoms with van der Waals surface area (Å²) in [6, 6.07) is 6.49.